The number of hydrogen-bond acceptors (Lipinski definition) is 7. The van der Waals surface area contributed by atoms with Crippen LogP contribution in [0.2, 0.25) is 0 Å². The van der Waals surface area contributed by atoms with Crippen LogP contribution in [0, 0.1) is 6.92 Å². The molecule has 1 atom stereocenters. The highest BCUT2D eigenvalue weighted by Gasteiger charge is 2.34. The number of amides is 4. The standard InChI is InChI=1S/C29H26N6O4S/c1-3-23(36)34-15-7-8-18(16-34)32-27(37)26-25-24-21(13-14-30-28(24)40-26)35(29(38)33-25)20-11-12-22(31-17(20)2)39-19-9-5-4-6-10-19/h3-6,9-14,18H,1,7-8,15-16H2,2H3,(H,32,37)(H,33,38). The molecule has 202 valence electrons. The second-order valence-corrected chi connectivity index (χ2v) is 10.6. The maximum Gasteiger partial charge on any atom is 0.331 e. The Balaban J connectivity index is 1.29. The number of anilines is 3. The molecule has 1 fully saturated rings. The van der Waals surface area contributed by atoms with E-state index in [0.29, 0.717) is 62.6 Å². The molecule has 6 rings (SSSR count). The molecule has 11 heteroatoms. The third-order valence-electron chi connectivity index (χ3n) is 6.93. The summed E-state index contributed by atoms with van der Waals surface area (Å²) in [5.41, 5.74) is 2.23. The lowest BCUT2D eigenvalue weighted by molar-refractivity contribution is -0.127. The van der Waals surface area contributed by atoms with Gasteiger partial charge in [-0.15, -0.1) is 11.3 Å². The SMILES string of the molecule is C=CC(=O)N1CCCC(NC(=O)c2sc3nccc4c3c2NC(=O)N4c2ccc(Oc3ccccc3)nc2C)C1. The van der Waals surface area contributed by atoms with Crippen molar-refractivity contribution in [1.29, 1.82) is 0 Å². The van der Waals surface area contributed by atoms with Crippen LogP contribution in [-0.2, 0) is 4.79 Å². The van der Waals surface area contributed by atoms with Crippen LogP contribution in [0.5, 0.6) is 11.6 Å². The topological polar surface area (TPSA) is 117 Å². The number of ether oxygens (including phenoxy) is 1. The van der Waals surface area contributed by atoms with Gasteiger partial charge in [0.1, 0.15) is 15.5 Å². The monoisotopic (exact) mass is 554 g/mol. The fourth-order valence-electron chi connectivity index (χ4n) is 5.09. The number of benzene rings is 1. The summed E-state index contributed by atoms with van der Waals surface area (Å²) in [6, 6.07) is 14.0. The van der Waals surface area contributed by atoms with Gasteiger partial charge in [-0.2, -0.15) is 0 Å². The maximum atomic E-state index is 13.5. The maximum absolute atomic E-state index is 13.5. The average molecular weight is 555 g/mol. The van der Waals surface area contributed by atoms with Crippen molar-refractivity contribution in [3.63, 3.8) is 0 Å². The summed E-state index contributed by atoms with van der Waals surface area (Å²) < 4.78 is 5.85. The van der Waals surface area contributed by atoms with E-state index >= 15 is 0 Å². The summed E-state index contributed by atoms with van der Waals surface area (Å²) in [5, 5.41) is 6.65. The highest BCUT2D eigenvalue weighted by molar-refractivity contribution is 7.21. The molecule has 2 N–H and O–H groups in total. The fraction of sp³-hybridized carbons (Fsp3) is 0.207. The van der Waals surface area contributed by atoms with Gasteiger partial charge in [0, 0.05) is 31.4 Å². The Morgan fingerprint density at radius 2 is 2.00 bits per heavy atom. The molecular weight excluding hydrogens is 528 g/mol. The third-order valence-corrected chi connectivity index (χ3v) is 8.03. The number of carbonyl (C=O) groups is 3. The van der Waals surface area contributed by atoms with E-state index in [0.717, 1.165) is 12.8 Å². The molecule has 1 aromatic carbocycles. The highest BCUT2D eigenvalue weighted by atomic mass is 32.1. The molecular formula is C29H26N6O4S. The smallest absolute Gasteiger partial charge is 0.331 e. The van der Waals surface area contributed by atoms with E-state index in [-0.39, 0.29) is 17.9 Å². The number of nitrogens with zero attached hydrogens (tertiary/aromatic N) is 4. The van der Waals surface area contributed by atoms with Crippen molar-refractivity contribution in [2.24, 2.45) is 0 Å². The summed E-state index contributed by atoms with van der Waals surface area (Å²) in [7, 11) is 0. The zero-order valence-corrected chi connectivity index (χ0v) is 22.5. The molecule has 0 saturated carbocycles. The van der Waals surface area contributed by atoms with Crippen LogP contribution < -0.4 is 20.3 Å². The summed E-state index contributed by atoms with van der Waals surface area (Å²) in [6.07, 6.45) is 4.45. The lowest BCUT2D eigenvalue weighted by Crippen LogP contribution is -2.49. The van der Waals surface area contributed by atoms with Crippen molar-refractivity contribution in [2.75, 3.05) is 23.3 Å². The number of likely N-dealkylation sites (tertiary alicyclic amines) is 1. The number of aromatic nitrogens is 2. The number of hydrogen-bond donors (Lipinski definition) is 2. The van der Waals surface area contributed by atoms with E-state index in [1.54, 1.807) is 34.2 Å². The first-order chi connectivity index (χ1) is 19.4. The molecule has 0 spiro atoms. The molecule has 4 aromatic rings. The Morgan fingerprint density at radius 1 is 1.18 bits per heavy atom. The molecule has 5 heterocycles. The highest BCUT2D eigenvalue weighted by Crippen LogP contribution is 2.46. The molecule has 40 heavy (non-hydrogen) atoms. The van der Waals surface area contributed by atoms with E-state index in [1.807, 2.05) is 37.3 Å². The van der Waals surface area contributed by atoms with Gasteiger partial charge in [0.05, 0.1) is 28.1 Å². The zero-order chi connectivity index (χ0) is 27.8. The van der Waals surface area contributed by atoms with Gasteiger partial charge in [0.2, 0.25) is 11.8 Å². The number of para-hydroxylation sites is 1. The molecule has 0 aliphatic carbocycles. The van der Waals surface area contributed by atoms with Gasteiger partial charge in [-0.05, 0) is 50.1 Å². The van der Waals surface area contributed by atoms with Crippen LogP contribution in [0.3, 0.4) is 0 Å². The van der Waals surface area contributed by atoms with E-state index < -0.39 is 6.03 Å². The fourth-order valence-corrected chi connectivity index (χ4v) is 6.11. The number of piperidine rings is 1. The van der Waals surface area contributed by atoms with Crippen molar-refractivity contribution in [3.8, 4) is 11.6 Å². The van der Waals surface area contributed by atoms with Crippen molar-refractivity contribution < 1.29 is 19.1 Å². The van der Waals surface area contributed by atoms with E-state index in [4.69, 9.17) is 4.74 Å². The summed E-state index contributed by atoms with van der Waals surface area (Å²) in [5.74, 6) is 0.615. The van der Waals surface area contributed by atoms with Gasteiger partial charge in [-0.1, -0.05) is 24.8 Å². The number of rotatable bonds is 6. The quantitative estimate of drug-likeness (QED) is 0.309. The minimum atomic E-state index is -0.408. The van der Waals surface area contributed by atoms with Gasteiger partial charge in [-0.3, -0.25) is 14.5 Å². The van der Waals surface area contributed by atoms with Crippen molar-refractivity contribution >= 4 is 56.5 Å². The van der Waals surface area contributed by atoms with Gasteiger partial charge < -0.3 is 20.3 Å². The minimum Gasteiger partial charge on any atom is -0.439 e. The van der Waals surface area contributed by atoms with Crippen LogP contribution in [0.1, 0.15) is 28.2 Å². The van der Waals surface area contributed by atoms with E-state index in [2.05, 4.69) is 27.2 Å². The minimum absolute atomic E-state index is 0.151. The lowest BCUT2D eigenvalue weighted by atomic mass is 10.1. The predicted octanol–water partition coefficient (Wildman–Crippen LogP) is 5.38. The predicted molar refractivity (Wildman–Crippen MR) is 154 cm³/mol. The summed E-state index contributed by atoms with van der Waals surface area (Å²) in [4.78, 5) is 52.2. The second-order valence-electron chi connectivity index (χ2n) is 9.55. The Hall–Kier alpha value is -4.77. The number of aryl methyl sites for hydroxylation is 1. The number of thiophene rings is 1. The summed E-state index contributed by atoms with van der Waals surface area (Å²) >= 11 is 1.22. The first-order valence-corrected chi connectivity index (χ1v) is 13.7. The molecule has 10 nitrogen and oxygen atoms in total. The van der Waals surface area contributed by atoms with Gasteiger partial charge in [-0.25, -0.2) is 14.8 Å². The Labute approximate surface area is 234 Å². The number of pyridine rings is 2. The number of nitrogens with one attached hydrogen (secondary N) is 2. The molecule has 1 saturated heterocycles. The lowest BCUT2D eigenvalue weighted by Gasteiger charge is -2.32. The molecule has 2 aliphatic rings. The van der Waals surface area contributed by atoms with Crippen molar-refractivity contribution in [3.05, 3.63) is 78.0 Å². The zero-order valence-electron chi connectivity index (χ0n) is 21.7. The average Bonchev–Trinajstić information content (AvgIpc) is 3.33. The molecule has 3 aromatic heterocycles. The van der Waals surface area contributed by atoms with Gasteiger partial charge in [0.25, 0.3) is 5.91 Å². The van der Waals surface area contributed by atoms with Gasteiger partial charge >= 0.3 is 6.03 Å². The first kappa shape index (κ1) is 25.5. The van der Waals surface area contributed by atoms with E-state index in [1.165, 1.54) is 17.4 Å². The molecule has 0 radical (unpaired) electrons. The number of urea groups is 1. The Kier molecular flexibility index (Phi) is 6.64. The Morgan fingerprint density at radius 3 is 2.77 bits per heavy atom. The molecule has 0 bridgehead atoms. The van der Waals surface area contributed by atoms with Crippen molar-refractivity contribution in [2.45, 2.75) is 25.8 Å². The van der Waals surface area contributed by atoms with Crippen LogP contribution in [0.4, 0.5) is 21.9 Å². The number of carbonyl (C=O) groups excluding carboxylic acids is 3. The van der Waals surface area contributed by atoms with Crippen LogP contribution in [0.25, 0.3) is 10.2 Å². The normalized spacial score (nSPS) is 16.4. The second kappa shape index (κ2) is 10.4. The van der Waals surface area contributed by atoms with E-state index in [9.17, 15) is 14.4 Å². The largest absolute Gasteiger partial charge is 0.439 e. The first-order valence-electron chi connectivity index (χ1n) is 12.9. The molecule has 2 aliphatic heterocycles. The molecule has 4 amide bonds. The molecule has 1 unspecified atom stereocenters. The van der Waals surface area contributed by atoms with Crippen LogP contribution in [-0.4, -0.2) is 51.8 Å². The van der Waals surface area contributed by atoms with Crippen LogP contribution in [0.15, 0.2) is 67.4 Å². The Bertz CT molecular complexity index is 1650. The van der Waals surface area contributed by atoms with Crippen molar-refractivity contribution in [1.82, 2.24) is 20.2 Å². The van der Waals surface area contributed by atoms with Crippen LogP contribution >= 0.6 is 11.3 Å². The van der Waals surface area contributed by atoms with Gasteiger partial charge in [0.15, 0.2) is 0 Å². The summed E-state index contributed by atoms with van der Waals surface area (Å²) in [6.45, 7) is 6.42. The third kappa shape index (κ3) is 4.64.